The molecule has 0 heterocycles. The number of hydrogen-bond donors (Lipinski definition) is 1. The van der Waals surface area contributed by atoms with E-state index in [9.17, 15) is 29.1 Å². The molecule has 0 aliphatic carbocycles. The predicted molar refractivity (Wildman–Crippen MR) is 98.2 cm³/mol. The second-order valence-electron chi connectivity index (χ2n) is 5.53. The van der Waals surface area contributed by atoms with Crippen LogP contribution in [0.4, 0.5) is 0 Å². The molecule has 0 aromatic heterocycles. The molecule has 0 amide bonds. The topological polar surface area (TPSA) is 142 Å². The minimum atomic E-state index is -1.77. The van der Waals surface area contributed by atoms with Crippen LogP contribution in [-0.2, 0) is 42.9 Å². The van der Waals surface area contributed by atoms with Gasteiger partial charge >= 0.3 is 29.8 Å². The molecule has 0 radical (unpaired) electrons. The Kier molecular flexibility index (Phi) is 11.0. The van der Waals surface area contributed by atoms with E-state index in [2.05, 4.69) is 26.3 Å². The molecule has 0 fully saturated rings. The van der Waals surface area contributed by atoms with E-state index < -0.39 is 67.6 Å². The van der Waals surface area contributed by atoms with Crippen molar-refractivity contribution in [3.8, 4) is 0 Å². The third kappa shape index (κ3) is 9.18. The van der Waals surface area contributed by atoms with Gasteiger partial charge in [-0.1, -0.05) is 26.3 Å². The summed E-state index contributed by atoms with van der Waals surface area (Å²) in [5.74, 6) is -5.09. The highest BCUT2D eigenvalue weighted by atomic mass is 16.6. The Morgan fingerprint density at radius 1 is 0.724 bits per heavy atom. The molecule has 158 valence electrons. The molecule has 0 aromatic rings. The lowest BCUT2D eigenvalue weighted by Gasteiger charge is -2.37. The van der Waals surface area contributed by atoms with E-state index in [0.29, 0.717) is 0 Å². The summed E-state index contributed by atoms with van der Waals surface area (Å²) in [4.78, 5) is 57.7. The monoisotopic (exact) mass is 410 g/mol. The Hall–Kier alpha value is -3.69. The van der Waals surface area contributed by atoms with E-state index in [1.54, 1.807) is 0 Å². The number of ether oxygens (including phenoxy) is 4. The molecule has 0 aliphatic rings. The van der Waals surface area contributed by atoms with Crippen molar-refractivity contribution in [2.45, 2.75) is 12.5 Å². The van der Waals surface area contributed by atoms with E-state index in [1.165, 1.54) is 0 Å². The average Bonchev–Trinajstić information content (AvgIpc) is 2.71. The molecule has 10 heteroatoms. The van der Waals surface area contributed by atoms with Crippen LogP contribution in [0.15, 0.2) is 50.6 Å². The first-order valence-electron chi connectivity index (χ1n) is 8.06. The number of carboxylic acid groups (broad SMARTS) is 1. The molecule has 1 unspecified atom stereocenters. The molecular formula is C19H22O10. The summed E-state index contributed by atoms with van der Waals surface area (Å²) in [6.45, 7) is 11.0. The van der Waals surface area contributed by atoms with Crippen LogP contribution >= 0.6 is 0 Å². The van der Waals surface area contributed by atoms with Gasteiger partial charge in [-0.05, 0) is 0 Å². The number of aliphatic carboxylic acids is 1. The van der Waals surface area contributed by atoms with E-state index in [0.717, 1.165) is 24.3 Å². The van der Waals surface area contributed by atoms with Crippen LogP contribution in [0.25, 0.3) is 0 Å². The largest absolute Gasteiger partial charge is 0.481 e. The van der Waals surface area contributed by atoms with Crippen molar-refractivity contribution in [3.63, 3.8) is 0 Å². The second kappa shape index (κ2) is 12.7. The smallest absolute Gasteiger partial charge is 0.330 e. The van der Waals surface area contributed by atoms with Gasteiger partial charge in [-0.3, -0.25) is 4.79 Å². The van der Waals surface area contributed by atoms with E-state index in [-0.39, 0.29) is 0 Å². The highest BCUT2D eigenvalue weighted by Gasteiger charge is 2.46. The quantitative estimate of drug-likeness (QED) is 0.247. The van der Waals surface area contributed by atoms with Crippen LogP contribution in [0.2, 0.25) is 0 Å². The summed E-state index contributed by atoms with van der Waals surface area (Å²) in [5.41, 5.74) is -1.77. The Balaban J connectivity index is 6.16. The predicted octanol–water partition coefficient (Wildman–Crippen LogP) is 0.733. The van der Waals surface area contributed by atoms with Crippen molar-refractivity contribution in [1.29, 1.82) is 0 Å². The summed E-state index contributed by atoms with van der Waals surface area (Å²) in [6, 6.07) is 0. The second-order valence-corrected chi connectivity index (χ2v) is 5.53. The Bertz CT molecular complexity index is 631. The molecule has 0 saturated carbocycles. The molecule has 0 aromatic carbocycles. The third-order valence-corrected chi connectivity index (χ3v) is 3.47. The van der Waals surface area contributed by atoms with Crippen molar-refractivity contribution < 1.29 is 48.0 Å². The fourth-order valence-corrected chi connectivity index (χ4v) is 1.96. The zero-order valence-corrected chi connectivity index (χ0v) is 15.7. The first-order chi connectivity index (χ1) is 13.6. The summed E-state index contributed by atoms with van der Waals surface area (Å²) in [7, 11) is 0. The van der Waals surface area contributed by atoms with Crippen LogP contribution in [0.5, 0.6) is 0 Å². The van der Waals surface area contributed by atoms with Crippen LogP contribution < -0.4 is 0 Å². The van der Waals surface area contributed by atoms with Crippen LogP contribution in [-0.4, -0.2) is 60.9 Å². The summed E-state index contributed by atoms with van der Waals surface area (Å²) in [5, 5.41) is 9.21. The molecule has 0 bridgehead atoms. The highest BCUT2D eigenvalue weighted by molar-refractivity contribution is 5.83. The average molecular weight is 410 g/mol. The van der Waals surface area contributed by atoms with E-state index >= 15 is 0 Å². The maximum Gasteiger partial charge on any atom is 0.330 e. The lowest BCUT2D eigenvalue weighted by molar-refractivity contribution is -0.179. The lowest BCUT2D eigenvalue weighted by Crippen LogP contribution is -2.51. The maximum atomic E-state index is 11.7. The van der Waals surface area contributed by atoms with Gasteiger partial charge in [-0.2, -0.15) is 0 Å². The van der Waals surface area contributed by atoms with Crippen LogP contribution in [0.3, 0.4) is 0 Å². The zero-order chi connectivity index (χ0) is 22.4. The first-order valence-corrected chi connectivity index (χ1v) is 8.06. The number of rotatable bonds is 14. The summed E-state index contributed by atoms with van der Waals surface area (Å²) >= 11 is 0. The summed E-state index contributed by atoms with van der Waals surface area (Å²) in [6.07, 6.45) is 0.941. The van der Waals surface area contributed by atoms with Gasteiger partial charge in [0.15, 0.2) is 0 Å². The molecular weight excluding hydrogens is 388 g/mol. The number of hydrogen-bond acceptors (Lipinski definition) is 9. The fourth-order valence-electron chi connectivity index (χ4n) is 1.96. The zero-order valence-electron chi connectivity index (χ0n) is 15.7. The van der Waals surface area contributed by atoms with Gasteiger partial charge in [0.2, 0.25) is 0 Å². The van der Waals surface area contributed by atoms with E-state index in [1.807, 2.05) is 0 Å². The molecule has 0 aliphatic heterocycles. The number of esters is 4. The first kappa shape index (κ1) is 25.3. The SMILES string of the molecule is C=CC(=O)OCC(COC(=O)C=C)(COC(=O)C=C)C(CC(=O)O)OC(=O)C=C. The van der Waals surface area contributed by atoms with Crippen molar-refractivity contribution in [1.82, 2.24) is 0 Å². The molecule has 0 rings (SSSR count). The number of carboxylic acids is 1. The van der Waals surface area contributed by atoms with Gasteiger partial charge in [-0.15, -0.1) is 0 Å². The van der Waals surface area contributed by atoms with Gasteiger partial charge in [0, 0.05) is 24.3 Å². The Morgan fingerprint density at radius 2 is 1.07 bits per heavy atom. The normalized spacial score (nSPS) is 11.2. The van der Waals surface area contributed by atoms with Gasteiger partial charge in [0.25, 0.3) is 0 Å². The lowest BCUT2D eigenvalue weighted by atomic mass is 9.82. The van der Waals surface area contributed by atoms with Gasteiger partial charge in [0.1, 0.15) is 31.3 Å². The van der Waals surface area contributed by atoms with Crippen molar-refractivity contribution in [2.24, 2.45) is 5.41 Å². The van der Waals surface area contributed by atoms with Gasteiger partial charge < -0.3 is 24.1 Å². The molecule has 0 saturated heterocycles. The Labute approximate surface area is 167 Å². The standard InChI is InChI=1S/C19H22O10/c1-5-15(22)26-10-19(11-27-16(23)6-2,12-28-17(24)7-3)13(9-14(20)21)29-18(25)8-4/h5-8,13H,1-4,9-12H2,(H,20,21). The highest BCUT2D eigenvalue weighted by Crippen LogP contribution is 2.30. The molecule has 10 nitrogen and oxygen atoms in total. The number of carbonyl (C=O) groups excluding carboxylic acids is 4. The van der Waals surface area contributed by atoms with Crippen molar-refractivity contribution >= 4 is 29.8 Å². The maximum absolute atomic E-state index is 11.7. The number of carbonyl (C=O) groups is 5. The summed E-state index contributed by atoms with van der Waals surface area (Å²) < 4.78 is 20.0. The molecule has 1 N–H and O–H groups in total. The van der Waals surface area contributed by atoms with Gasteiger partial charge in [0.05, 0.1) is 6.42 Å². The minimum absolute atomic E-state index is 0.644. The molecule has 1 atom stereocenters. The van der Waals surface area contributed by atoms with Crippen molar-refractivity contribution in [2.75, 3.05) is 19.8 Å². The molecule has 29 heavy (non-hydrogen) atoms. The third-order valence-electron chi connectivity index (χ3n) is 3.47. The molecule has 0 spiro atoms. The van der Waals surface area contributed by atoms with Crippen LogP contribution in [0, 0.1) is 5.41 Å². The van der Waals surface area contributed by atoms with Gasteiger partial charge in [-0.25, -0.2) is 19.2 Å². The van der Waals surface area contributed by atoms with Crippen LogP contribution in [0.1, 0.15) is 6.42 Å². The van der Waals surface area contributed by atoms with E-state index in [4.69, 9.17) is 18.9 Å². The Morgan fingerprint density at radius 3 is 1.34 bits per heavy atom. The minimum Gasteiger partial charge on any atom is -0.481 e. The van der Waals surface area contributed by atoms with Crippen molar-refractivity contribution in [3.05, 3.63) is 50.6 Å². The fraction of sp³-hybridized carbons (Fsp3) is 0.316.